The maximum Gasteiger partial charge on any atom is 0.227 e. The molecule has 3 rings (SSSR count). The lowest BCUT2D eigenvalue weighted by atomic mass is 10.1. The average molecular weight is 343 g/mol. The molecule has 1 aromatic heterocycles. The van der Waals surface area contributed by atoms with Crippen molar-refractivity contribution in [2.75, 3.05) is 26.2 Å². The molecule has 22 heavy (non-hydrogen) atoms. The van der Waals surface area contributed by atoms with E-state index in [1.807, 2.05) is 0 Å². The van der Waals surface area contributed by atoms with Crippen LogP contribution in [0.5, 0.6) is 0 Å². The Kier molecular flexibility index (Phi) is 4.79. The van der Waals surface area contributed by atoms with Crippen molar-refractivity contribution in [3.05, 3.63) is 16.6 Å². The average Bonchev–Trinajstić information content (AvgIpc) is 3.21. The zero-order chi connectivity index (χ0) is 15.6. The van der Waals surface area contributed by atoms with Crippen molar-refractivity contribution in [1.82, 2.24) is 14.2 Å². The molecule has 6 nitrogen and oxygen atoms in total. The first-order valence-electron chi connectivity index (χ1n) is 7.71. The first kappa shape index (κ1) is 15.9. The number of nitrogens with zero attached hydrogens (tertiary/aromatic N) is 3. The lowest BCUT2D eigenvalue weighted by Crippen LogP contribution is -2.46. The van der Waals surface area contributed by atoms with Crippen LogP contribution >= 0.6 is 11.3 Å². The number of carbonyl (C=O) groups is 1. The Morgan fingerprint density at radius 1 is 1.23 bits per heavy atom. The minimum absolute atomic E-state index is 0.0706. The molecule has 0 unspecified atom stereocenters. The Labute approximate surface area is 135 Å². The topological polar surface area (TPSA) is 70.6 Å². The predicted molar refractivity (Wildman–Crippen MR) is 85.1 cm³/mol. The van der Waals surface area contributed by atoms with Gasteiger partial charge in [-0.15, -0.1) is 11.3 Å². The smallest absolute Gasteiger partial charge is 0.227 e. The number of carbonyl (C=O) groups excluding carboxylic acids is 1. The molecule has 0 bridgehead atoms. The molecule has 8 heteroatoms. The van der Waals surface area contributed by atoms with Gasteiger partial charge in [-0.05, 0) is 25.7 Å². The summed E-state index contributed by atoms with van der Waals surface area (Å²) in [4.78, 5) is 18.9. The van der Waals surface area contributed by atoms with Gasteiger partial charge in [-0.3, -0.25) is 9.78 Å². The molecule has 3 heterocycles. The zero-order valence-electron chi connectivity index (χ0n) is 12.5. The minimum atomic E-state index is -3.17. The number of amides is 1. The van der Waals surface area contributed by atoms with E-state index in [2.05, 4.69) is 4.98 Å². The number of likely N-dealkylation sites (tertiary alicyclic amines) is 1. The predicted octanol–water partition coefficient (Wildman–Crippen LogP) is 1.10. The van der Waals surface area contributed by atoms with Crippen LogP contribution in [0.15, 0.2) is 11.7 Å². The highest BCUT2D eigenvalue weighted by molar-refractivity contribution is 7.89. The van der Waals surface area contributed by atoms with Crippen molar-refractivity contribution in [3.8, 4) is 0 Å². The van der Waals surface area contributed by atoms with Crippen molar-refractivity contribution in [2.24, 2.45) is 0 Å². The first-order chi connectivity index (χ1) is 10.6. The molecule has 2 aliphatic rings. The summed E-state index contributed by atoms with van der Waals surface area (Å²) in [5, 5.41) is -0.321. The summed E-state index contributed by atoms with van der Waals surface area (Å²) in [6, 6.07) is 0. The normalized spacial score (nSPS) is 21.4. The van der Waals surface area contributed by atoms with Crippen LogP contribution in [0.25, 0.3) is 0 Å². The molecule has 122 valence electrons. The number of sulfonamides is 1. The van der Waals surface area contributed by atoms with E-state index in [0.29, 0.717) is 45.4 Å². The van der Waals surface area contributed by atoms with Crippen LogP contribution in [0.1, 0.15) is 30.6 Å². The highest BCUT2D eigenvalue weighted by atomic mass is 32.2. The number of rotatable bonds is 4. The summed E-state index contributed by atoms with van der Waals surface area (Å²) in [5.74, 6) is 0.0706. The SMILES string of the molecule is O=C(Cc1cncs1)N1CCC(S(=O)(=O)N2CCCC2)CC1. The van der Waals surface area contributed by atoms with Gasteiger partial charge in [0.2, 0.25) is 15.9 Å². The number of piperidine rings is 1. The Morgan fingerprint density at radius 3 is 2.50 bits per heavy atom. The van der Waals surface area contributed by atoms with Crippen LogP contribution in [-0.4, -0.2) is 59.9 Å². The molecular weight excluding hydrogens is 322 g/mol. The molecule has 2 saturated heterocycles. The Hall–Kier alpha value is -0.990. The van der Waals surface area contributed by atoms with E-state index in [4.69, 9.17) is 0 Å². The van der Waals surface area contributed by atoms with Gasteiger partial charge in [-0.25, -0.2) is 12.7 Å². The van der Waals surface area contributed by atoms with Crippen molar-refractivity contribution >= 4 is 27.3 Å². The molecule has 2 fully saturated rings. The second kappa shape index (κ2) is 6.64. The zero-order valence-corrected chi connectivity index (χ0v) is 14.1. The second-order valence-electron chi connectivity index (χ2n) is 5.88. The van der Waals surface area contributed by atoms with Gasteiger partial charge in [0.05, 0.1) is 17.2 Å². The Balaban J connectivity index is 1.54. The van der Waals surface area contributed by atoms with Gasteiger partial charge >= 0.3 is 0 Å². The fraction of sp³-hybridized carbons (Fsp3) is 0.714. The molecule has 2 aliphatic heterocycles. The molecular formula is C14H21N3O3S2. The molecule has 0 atom stereocenters. The fourth-order valence-corrected chi connectivity index (χ4v) is 5.73. The van der Waals surface area contributed by atoms with Crippen LogP contribution < -0.4 is 0 Å². The van der Waals surface area contributed by atoms with Gasteiger partial charge in [-0.1, -0.05) is 0 Å². The van der Waals surface area contributed by atoms with Gasteiger partial charge < -0.3 is 4.90 Å². The molecule has 0 aliphatic carbocycles. The molecule has 1 amide bonds. The molecule has 0 saturated carbocycles. The van der Waals surface area contributed by atoms with Crippen LogP contribution in [0.2, 0.25) is 0 Å². The number of thiazole rings is 1. The van der Waals surface area contributed by atoms with Gasteiger partial charge in [0.15, 0.2) is 0 Å². The van der Waals surface area contributed by atoms with Crippen LogP contribution in [0.4, 0.5) is 0 Å². The highest BCUT2D eigenvalue weighted by Gasteiger charge is 2.36. The maximum atomic E-state index is 12.5. The maximum absolute atomic E-state index is 12.5. The Morgan fingerprint density at radius 2 is 1.91 bits per heavy atom. The van der Waals surface area contributed by atoms with E-state index in [1.165, 1.54) is 11.3 Å². The van der Waals surface area contributed by atoms with Crippen LogP contribution in [0, 0.1) is 0 Å². The van der Waals surface area contributed by atoms with E-state index in [-0.39, 0.29) is 11.2 Å². The molecule has 0 radical (unpaired) electrons. The van der Waals surface area contributed by atoms with E-state index < -0.39 is 10.0 Å². The third-order valence-corrected chi connectivity index (χ3v) is 7.63. The fourth-order valence-electron chi connectivity index (χ4n) is 3.15. The Bertz CT molecular complexity index is 601. The molecule has 1 aromatic rings. The largest absolute Gasteiger partial charge is 0.342 e. The standard InChI is InChI=1S/C14H21N3O3S2/c18-14(9-12-10-15-11-21-12)16-7-3-13(4-8-16)22(19,20)17-5-1-2-6-17/h10-11,13H,1-9H2. The van der Waals surface area contributed by atoms with E-state index in [1.54, 1.807) is 20.9 Å². The summed E-state index contributed by atoms with van der Waals surface area (Å²) in [6.45, 7) is 2.39. The van der Waals surface area contributed by atoms with E-state index in [9.17, 15) is 13.2 Å². The van der Waals surface area contributed by atoms with Gasteiger partial charge in [-0.2, -0.15) is 0 Å². The third kappa shape index (κ3) is 3.33. The first-order valence-corrected chi connectivity index (χ1v) is 10.1. The van der Waals surface area contributed by atoms with Gasteiger partial charge in [0.25, 0.3) is 0 Å². The molecule has 0 N–H and O–H groups in total. The number of hydrogen-bond donors (Lipinski definition) is 0. The number of hydrogen-bond acceptors (Lipinski definition) is 5. The summed E-state index contributed by atoms with van der Waals surface area (Å²) in [6.07, 6.45) is 5.11. The minimum Gasteiger partial charge on any atom is -0.342 e. The molecule has 0 aromatic carbocycles. The van der Waals surface area contributed by atoms with E-state index in [0.717, 1.165) is 17.7 Å². The van der Waals surface area contributed by atoms with Crippen LogP contribution in [0.3, 0.4) is 0 Å². The third-order valence-electron chi connectivity index (χ3n) is 4.45. The molecule has 0 spiro atoms. The van der Waals surface area contributed by atoms with Crippen molar-refractivity contribution in [2.45, 2.75) is 37.4 Å². The van der Waals surface area contributed by atoms with Crippen molar-refractivity contribution in [1.29, 1.82) is 0 Å². The van der Waals surface area contributed by atoms with Gasteiger partial charge in [0.1, 0.15) is 0 Å². The lowest BCUT2D eigenvalue weighted by Gasteiger charge is -2.33. The summed E-state index contributed by atoms with van der Waals surface area (Å²) >= 11 is 1.48. The monoisotopic (exact) mass is 343 g/mol. The summed E-state index contributed by atoms with van der Waals surface area (Å²) in [5.41, 5.74) is 1.72. The highest BCUT2D eigenvalue weighted by Crippen LogP contribution is 2.24. The van der Waals surface area contributed by atoms with Crippen molar-refractivity contribution in [3.63, 3.8) is 0 Å². The van der Waals surface area contributed by atoms with E-state index >= 15 is 0 Å². The summed E-state index contributed by atoms with van der Waals surface area (Å²) in [7, 11) is -3.17. The lowest BCUT2D eigenvalue weighted by molar-refractivity contribution is -0.131. The van der Waals surface area contributed by atoms with Crippen molar-refractivity contribution < 1.29 is 13.2 Å². The van der Waals surface area contributed by atoms with Gasteiger partial charge in [0, 0.05) is 37.3 Å². The second-order valence-corrected chi connectivity index (χ2v) is 9.06. The van der Waals surface area contributed by atoms with Crippen LogP contribution in [-0.2, 0) is 21.2 Å². The quantitative estimate of drug-likeness (QED) is 0.821. The number of aromatic nitrogens is 1. The summed E-state index contributed by atoms with van der Waals surface area (Å²) < 4.78 is 26.7.